The standard InChI is InChI=1S/C17H15ClN2O6S/c1-27(24,25)10-6-7-13(18)12(8-10)17(23)26-9-15(21)20-14-5-3-2-4-11(14)16(19)22/h2-8H,9H2,1H3,(H2,19,22)(H,20,21). The Morgan fingerprint density at radius 2 is 1.78 bits per heavy atom. The van der Waals surface area contributed by atoms with Gasteiger partial charge in [0.15, 0.2) is 16.4 Å². The molecule has 142 valence electrons. The van der Waals surface area contributed by atoms with E-state index in [1.807, 2.05) is 0 Å². The molecular weight excluding hydrogens is 396 g/mol. The van der Waals surface area contributed by atoms with E-state index >= 15 is 0 Å². The maximum Gasteiger partial charge on any atom is 0.340 e. The van der Waals surface area contributed by atoms with Crippen molar-refractivity contribution >= 4 is 44.9 Å². The quantitative estimate of drug-likeness (QED) is 0.695. The minimum Gasteiger partial charge on any atom is -0.452 e. The third-order valence-corrected chi connectivity index (χ3v) is 4.83. The summed E-state index contributed by atoms with van der Waals surface area (Å²) in [6, 6.07) is 9.63. The number of primary amides is 1. The lowest BCUT2D eigenvalue weighted by Gasteiger charge is -2.10. The molecule has 0 unspecified atom stereocenters. The molecule has 0 atom stereocenters. The highest BCUT2D eigenvalue weighted by Crippen LogP contribution is 2.21. The van der Waals surface area contributed by atoms with E-state index in [1.54, 1.807) is 12.1 Å². The zero-order valence-corrected chi connectivity index (χ0v) is 15.6. The van der Waals surface area contributed by atoms with Crippen molar-refractivity contribution in [2.24, 2.45) is 5.73 Å². The van der Waals surface area contributed by atoms with E-state index in [9.17, 15) is 22.8 Å². The number of nitrogens with one attached hydrogen (secondary N) is 1. The van der Waals surface area contributed by atoms with Gasteiger partial charge in [0, 0.05) is 6.26 Å². The van der Waals surface area contributed by atoms with Gasteiger partial charge in [0.25, 0.3) is 11.8 Å². The molecule has 0 aliphatic carbocycles. The average molecular weight is 411 g/mol. The summed E-state index contributed by atoms with van der Waals surface area (Å²) >= 11 is 5.89. The molecule has 3 N–H and O–H groups in total. The van der Waals surface area contributed by atoms with Crippen LogP contribution in [0.25, 0.3) is 0 Å². The molecule has 0 aliphatic heterocycles. The molecule has 0 aliphatic rings. The maximum atomic E-state index is 12.1. The van der Waals surface area contributed by atoms with Gasteiger partial charge in [-0.25, -0.2) is 13.2 Å². The summed E-state index contributed by atoms with van der Waals surface area (Å²) in [5.41, 5.74) is 5.29. The van der Waals surface area contributed by atoms with Gasteiger partial charge in [-0.3, -0.25) is 9.59 Å². The van der Waals surface area contributed by atoms with Crippen LogP contribution in [-0.2, 0) is 19.4 Å². The highest BCUT2D eigenvalue weighted by molar-refractivity contribution is 7.90. The Bertz CT molecular complexity index is 1020. The number of nitrogens with two attached hydrogens (primary N) is 1. The summed E-state index contributed by atoms with van der Waals surface area (Å²) in [6.45, 7) is -0.675. The van der Waals surface area contributed by atoms with Gasteiger partial charge in [0.05, 0.1) is 26.7 Å². The Balaban J connectivity index is 2.08. The smallest absolute Gasteiger partial charge is 0.340 e. The summed E-state index contributed by atoms with van der Waals surface area (Å²) in [5, 5.41) is 2.38. The zero-order valence-electron chi connectivity index (χ0n) is 14.1. The molecule has 0 fully saturated rings. The number of carbonyl (C=O) groups is 3. The van der Waals surface area contributed by atoms with Gasteiger partial charge < -0.3 is 15.8 Å². The Labute approximate surface area is 160 Å². The Morgan fingerprint density at radius 1 is 1.11 bits per heavy atom. The van der Waals surface area contributed by atoms with Crippen LogP contribution in [0.2, 0.25) is 5.02 Å². The second-order valence-corrected chi connectivity index (χ2v) is 7.87. The number of hydrogen-bond donors (Lipinski definition) is 2. The minimum absolute atomic E-state index is 0.0214. The number of para-hydroxylation sites is 1. The Hall–Kier alpha value is -2.91. The lowest BCUT2D eigenvalue weighted by Crippen LogP contribution is -2.23. The fourth-order valence-electron chi connectivity index (χ4n) is 2.09. The van der Waals surface area contributed by atoms with Gasteiger partial charge in [-0.15, -0.1) is 0 Å². The van der Waals surface area contributed by atoms with Crippen LogP contribution in [-0.4, -0.2) is 39.1 Å². The first kappa shape index (κ1) is 20.4. The van der Waals surface area contributed by atoms with Crippen molar-refractivity contribution in [3.63, 3.8) is 0 Å². The number of anilines is 1. The SMILES string of the molecule is CS(=O)(=O)c1ccc(Cl)c(C(=O)OCC(=O)Nc2ccccc2C(N)=O)c1. The van der Waals surface area contributed by atoms with E-state index < -0.39 is 34.2 Å². The van der Waals surface area contributed by atoms with E-state index in [0.29, 0.717) is 0 Å². The molecule has 8 nitrogen and oxygen atoms in total. The molecule has 0 radical (unpaired) electrons. The van der Waals surface area contributed by atoms with E-state index in [2.05, 4.69) is 5.32 Å². The number of halogens is 1. The number of sulfone groups is 1. The number of ether oxygens (including phenoxy) is 1. The monoisotopic (exact) mass is 410 g/mol. The number of hydrogen-bond acceptors (Lipinski definition) is 6. The van der Waals surface area contributed by atoms with E-state index in [0.717, 1.165) is 12.3 Å². The second-order valence-electron chi connectivity index (χ2n) is 5.45. The Morgan fingerprint density at radius 3 is 2.41 bits per heavy atom. The normalized spacial score (nSPS) is 10.9. The summed E-state index contributed by atoms with van der Waals surface area (Å²) in [7, 11) is -3.55. The molecule has 27 heavy (non-hydrogen) atoms. The number of amides is 2. The summed E-state index contributed by atoms with van der Waals surface area (Å²) < 4.78 is 28.0. The van der Waals surface area contributed by atoms with Gasteiger partial charge in [-0.1, -0.05) is 23.7 Å². The third kappa shape index (κ3) is 5.28. The third-order valence-electron chi connectivity index (χ3n) is 3.39. The highest BCUT2D eigenvalue weighted by atomic mass is 35.5. The largest absolute Gasteiger partial charge is 0.452 e. The summed E-state index contributed by atoms with van der Waals surface area (Å²) in [5.74, 6) is -2.41. The van der Waals surface area contributed by atoms with Crippen LogP contribution in [0.3, 0.4) is 0 Å². The molecule has 0 aromatic heterocycles. The molecule has 0 bridgehead atoms. The molecule has 0 saturated carbocycles. The molecule has 0 saturated heterocycles. The van der Waals surface area contributed by atoms with Crippen LogP contribution >= 0.6 is 11.6 Å². The van der Waals surface area contributed by atoms with Crippen LogP contribution in [0.5, 0.6) is 0 Å². The summed E-state index contributed by atoms with van der Waals surface area (Å²) in [6.07, 6.45) is 0.981. The van der Waals surface area contributed by atoms with Crippen molar-refractivity contribution in [1.29, 1.82) is 0 Å². The van der Waals surface area contributed by atoms with Gasteiger partial charge >= 0.3 is 5.97 Å². The molecular formula is C17H15ClN2O6S. The number of esters is 1. The van der Waals surface area contributed by atoms with Crippen molar-refractivity contribution in [3.8, 4) is 0 Å². The first-order chi connectivity index (χ1) is 12.6. The molecule has 0 spiro atoms. The van der Waals surface area contributed by atoms with Crippen LogP contribution < -0.4 is 11.1 Å². The van der Waals surface area contributed by atoms with Gasteiger partial charge in [0.1, 0.15) is 0 Å². The molecule has 2 amide bonds. The fraction of sp³-hybridized carbons (Fsp3) is 0.118. The first-order valence-corrected chi connectivity index (χ1v) is 9.72. The zero-order chi connectivity index (χ0) is 20.2. The molecule has 0 heterocycles. The van der Waals surface area contributed by atoms with E-state index in [-0.39, 0.29) is 26.7 Å². The fourth-order valence-corrected chi connectivity index (χ4v) is 2.94. The Kier molecular flexibility index (Phi) is 6.19. The van der Waals surface area contributed by atoms with Gasteiger partial charge in [-0.05, 0) is 30.3 Å². The van der Waals surface area contributed by atoms with Crippen molar-refractivity contribution in [2.45, 2.75) is 4.90 Å². The maximum absolute atomic E-state index is 12.1. The first-order valence-electron chi connectivity index (χ1n) is 7.45. The van der Waals surface area contributed by atoms with E-state index in [1.165, 1.54) is 24.3 Å². The van der Waals surface area contributed by atoms with Gasteiger partial charge in [-0.2, -0.15) is 0 Å². The predicted octanol–water partition coefficient (Wildman–Crippen LogP) is 1.64. The van der Waals surface area contributed by atoms with E-state index in [4.69, 9.17) is 22.1 Å². The van der Waals surface area contributed by atoms with Crippen LogP contribution in [0.4, 0.5) is 5.69 Å². The second kappa shape index (κ2) is 8.19. The molecule has 10 heteroatoms. The van der Waals surface area contributed by atoms with Gasteiger partial charge in [0.2, 0.25) is 0 Å². The summed E-state index contributed by atoms with van der Waals surface area (Å²) in [4.78, 5) is 35.3. The van der Waals surface area contributed by atoms with Crippen LogP contribution in [0.15, 0.2) is 47.4 Å². The molecule has 2 aromatic rings. The van der Waals surface area contributed by atoms with Crippen LogP contribution in [0, 0.1) is 0 Å². The average Bonchev–Trinajstić information content (AvgIpc) is 2.59. The van der Waals surface area contributed by atoms with Crippen LogP contribution in [0.1, 0.15) is 20.7 Å². The number of benzene rings is 2. The van der Waals surface area contributed by atoms with Crippen molar-refractivity contribution in [3.05, 3.63) is 58.6 Å². The van der Waals surface area contributed by atoms with Crippen molar-refractivity contribution in [2.75, 3.05) is 18.2 Å². The predicted molar refractivity (Wildman–Crippen MR) is 98.4 cm³/mol. The number of rotatable bonds is 6. The minimum atomic E-state index is -3.55. The van der Waals surface area contributed by atoms with Crippen molar-refractivity contribution in [1.82, 2.24) is 0 Å². The lowest BCUT2D eigenvalue weighted by atomic mass is 10.1. The van der Waals surface area contributed by atoms with Crippen molar-refractivity contribution < 1.29 is 27.5 Å². The molecule has 2 rings (SSSR count). The number of carbonyl (C=O) groups excluding carboxylic acids is 3. The lowest BCUT2D eigenvalue weighted by molar-refractivity contribution is -0.119. The topological polar surface area (TPSA) is 133 Å². The highest BCUT2D eigenvalue weighted by Gasteiger charge is 2.18. The molecule has 2 aromatic carbocycles.